The lowest BCUT2D eigenvalue weighted by Crippen LogP contribution is -1.95. The zero-order chi connectivity index (χ0) is 9.68. The molecule has 0 aliphatic heterocycles. The Labute approximate surface area is 78.1 Å². The highest BCUT2D eigenvalue weighted by Crippen LogP contribution is 2.10. The van der Waals surface area contributed by atoms with E-state index in [9.17, 15) is 4.39 Å². The van der Waals surface area contributed by atoms with Crippen LogP contribution in [0.1, 0.15) is 17.5 Å². The molecule has 1 rings (SSSR count). The van der Waals surface area contributed by atoms with Crippen LogP contribution >= 0.6 is 0 Å². The molecule has 0 radical (unpaired) electrons. The van der Waals surface area contributed by atoms with Crippen LogP contribution < -0.4 is 5.73 Å². The van der Waals surface area contributed by atoms with E-state index in [0.29, 0.717) is 12.1 Å². The van der Waals surface area contributed by atoms with Crippen molar-refractivity contribution >= 4 is 6.08 Å². The zero-order valence-corrected chi connectivity index (χ0v) is 7.76. The summed E-state index contributed by atoms with van der Waals surface area (Å²) < 4.78 is 13.0. The molecule has 70 valence electrons. The minimum absolute atomic E-state index is 0.158. The van der Waals surface area contributed by atoms with Gasteiger partial charge < -0.3 is 5.73 Å². The van der Waals surface area contributed by atoms with Gasteiger partial charge in [-0.3, -0.25) is 0 Å². The second kappa shape index (κ2) is 4.77. The first-order valence-electron chi connectivity index (χ1n) is 4.37. The van der Waals surface area contributed by atoms with Crippen molar-refractivity contribution in [2.24, 2.45) is 5.73 Å². The van der Waals surface area contributed by atoms with Gasteiger partial charge in [0.2, 0.25) is 0 Å². The molecule has 0 amide bonds. The van der Waals surface area contributed by atoms with Crippen molar-refractivity contribution < 1.29 is 4.39 Å². The molecule has 0 atom stereocenters. The predicted octanol–water partition coefficient (Wildman–Crippen LogP) is 2.50. The average Bonchev–Trinajstić information content (AvgIpc) is 2.12. The van der Waals surface area contributed by atoms with Crippen molar-refractivity contribution in [3.05, 3.63) is 41.2 Å². The van der Waals surface area contributed by atoms with Crippen LogP contribution in [0.3, 0.4) is 0 Å². The second-order valence-electron chi connectivity index (χ2n) is 2.99. The third kappa shape index (κ3) is 2.99. The Morgan fingerprint density at radius 1 is 1.46 bits per heavy atom. The number of hydrogen-bond acceptors (Lipinski definition) is 1. The summed E-state index contributed by atoms with van der Waals surface area (Å²) in [4.78, 5) is 0. The van der Waals surface area contributed by atoms with Crippen LogP contribution in [0.15, 0.2) is 24.3 Å². The van der Waals surface area contributed by atoms with Crippen molar-refractivity contribution in [2.75, 3.05) is 6.54 Å². The van der Waals surface area contributed by atoms with Crippen molar-refractivity contribution in [3.8, 4) is 0 Å². The quantitative estimate of drug-likeness (QED) is 0.758. The molecule has 2 N–H and O–H groups in total. The van der Waals surface area contributed by atoms with Gasteiger partial charge in [0.1, 0.15) is 5.82 Å². The Hall–Kier alpha value is -1.15. The lowest BCUT2D eigenvalue weighted by molar-refractivity contribution is 0.618. The van der Waals surface area contributed by atoms with E-state index in [1.807, 2.05) is 18.2 Å². The molecule has 0 aliphatic rings. The van der Waals surface area contributed by atoms with E-state index in [1.165, 1.54) is 6.07 Å². The largest absolute Gasteiger partial charge is 0.330 e. The van der Waals surface area contributed by atoms with Crippen LogP contribution in [0.5, 0.6) is 0 Å². The van der Waals surface area contributed by atoms with Crippen LogP contribution in [-0.4, -0.2) is 6.54 Å². The van der Waals surface area contributed by atoms with Crippen LogP contribution in [0.4, 0.5) is 4.39 Å². The molecule has 1 aromatic carbocycles. The summed E-state index contributed by atoms with van der Waals surface area (Å²) in [5.41, 5.74) is 6.88. The summed E-state index contributed by atoms with van der Waals surface area (Å²) in [6.07, 6.45) is 4.66. The molecule has 0 unspecified atom stereocenters. The van der Waals surface area contributed by atoms with Crippen LogP contribution in [-0.2, 0) is 0 Å². The van der Waals surface area contributed by atoms with Crippen molar-refractivity contribution in [2.45, 2.75) is 13.3 Å². The molecule has 0 saturated carbocycles. The highest BCUT2D eigenvalue weighted by molar-refractivity contribution is 5.49. The van der Waals surface area contributed by atoms with Gasteiger partial charge in [-0.2, -0.15) is 0 Å². The van der Waals surface area contributed by atoms with Crippen LogP contribution in [0.25, 0.3) is 6.08 Å². The van der Waals surface area contributed by atoms with Gasteiger partial charge in [0.15, 0.2) is 0 Å². The number of aryl methyl sites for hydroxylation is 1. The molecule has 0 aromatic heterocycles. The minimum Gasteiger partial charge on any atom is -0.330 e. The van der Waals surface area contributed by atoms with Gasteiger partial charge in [-0.15, -0.1) is 0 Å². The van der Waals surface area contributed by atoms with Gasteiger partial charge in [0.05, 0.1) is 0 Å². The molecule has 13 heavy (non-hydrogen) atoms. The number of benzene rings is 1. The molecule has 0 heterocycles. The van der Waals surface area contributed by atoms with E-state index in [1.54, 1.807) is 13.0 Å². The Kier molecular flexibility index (Phi) is 3.65. The van der Waals surface area contributed by atoms with Crippen molar-refractivity contribution in [3.63, 3.8) is 0 Å². The molecule has 0 saturated heterocycles. The van der Waals surface area contributed by atoms with Gasteiger partial charge in [-0.1, -0.05) is 24.3 Å². The van der Waals surface area contributed by atoms with Gasteiger partial charge in [0, 0.05) is 0 Å². The number of rotatable bonds is 3. The third-order valence-electron chi connectivity index (χ3n) is 1.84. The smallest absolute Gasteiger partial charge is 0.126 e. The van der Waals surface area contributed by atoms with Gasteiger partial charge in [0.25, 0.3) is 0 Å². The summed E-state index contributed by atoms with van der Waals surface area (Å²) in [7, 11) is 0. The first kappa shape index (κ1) is 9.93. The number of hydrogen-bond donors (Lipinski definition) is 1. The molecule has 2 heteroatoms. The lowest BCUT2D eigenvalue weighted by Gasteiger charge is -1.97. The van der Waals surface area contributed by atoms with E-state index in [4.69, 9.17) is 5.73 Å². The topological polar surface area (TPSA) is 26.0 Å². The van der Waals surface area contributed by atoms with E-state index in [2.05, 4.69) is 0 Å². The van der Waals surface area contributed by atoms with Gasteiger partial charge >= 0.3 is 0 Å². The maximum Gasteiger partial charge on any atom is 0.126 e. The first-order chi connectivity index (χ1) is 6.24. The molecular weight excluding hydrogens is 165 g/mol. The maximum atomic E-state index is 13.0. The summed E-state index contributed by atoms with van der Waals surface area (Å²) in [6.45, 7) is 2.38. The van der Waals surface area contributed by atoms with Crippen LogP contribution in [0, 0.1) is 12.7 Å². The van der Waals surface area contributed by atoms with Crippen LogP contribution in [0.2, 0.25) is 0 Å². The Balaban J connectivity index is 2.73. The zero-order valence-electron chi connectivity index (χ0n) is 7.76. The van der Waals surface area contributed by atoms with E-state index in [0.717, 1.165) is 12.0 Å². The first-order valence-corrected chi connectivity index (χ1v) is 4.37. The monoisotopic (exact) mass is 179 g/mol. The fourth-order valence-corrected chi connectivity index (χ4v) is 1.03. The molecule has 0 fully saturated rings. The average molecular weight is 179 g/mol. The Morgan fingerprint density at radius 3 is 2.85 bits per heavy atom. The molecular formula is C11H14FN. The number of halogens is 1. The Morgan fingerprint density at radius 2 is 2.23 bits per heavy atom. The highest BCUT2D eigenvalue weighted by atomic mass is 19.1. The van der Waals surface area contributed by atoms with Gasteiger partial charge in [-0.05, 0) is 37.1 Å². The fourth-order valence-electron chi connectivity index (χ4n) is 1.03. The molecule has 1 nitrogen and oxygen atoms in total. The van der Waals surface area contributed by atoms with Gasteiger partial charge in [-0.25, -0.2) is 4.39 Å². The van der Waals surface area contributed by atoms with E-state index < -0.39 is 0 Å². The third-order valence-corrected chi connectivity index (χ3v) is 1.84. The summed E-state index contributed by atoms with van der Waals surface area (Å²) in [6, 6.07) is 5.20. The Bertz CT molecular complexity index is 305. The standard InChI is InChI=1S/C11H14FN/c1-9-5-6-10(8-11(9)12)4-2-3-7-13/h2,4-6,8H,3,7,13H2,1H3. The fraction of sp³-hybridized carbons (Fsp3) is 0.273. The number of nitrogens with two attached hydrogens (primary N) is 1. The molecule has 0 aliphatic carbocycles. The van der Waals surface area contributed by atoms with E-state index in [-0.39, 0.29) is 5.82 Å². The molecule has 0 bridgehead atoms. The summed E-state index contributed by atoms with van der Waals surface area (Å²) in [5, 5.41) is 0. The predicted molar refractivity (Wildman–Crippen MR) is 53.8 cm³/mol. The molecule has 1 aromatic rings. The minimum atomic E-state index is -0.158. The normalized spacial score (nSPS) is 11.0. The SMILES string of the molecule is Cc1ccc(C=CCCN)cc1F. The lowest BCUT2D eigenvalue weighted by atomic mass is 10.1. The van der Waals surface area contributed by atoms with Crippen molar-refractivity contribution in [1.82, 2.24) is 0 Å². The summed E-state index contributed by atoms with van der Waals surface area (Å²) in [5.74, 6) is -0.158. The summed E-state index contributed by atoms with van der Waals surface area (Å²) >= 11 is 0. The molecule has 0 spiro atoms. The van der Waals surface area contributed by atoms with Crippen molar-refractivity contribution in [1.29, 1.82) is 0 Å². The second-order valence-corrected chi connectivity index (χ2v) is 2.99. The highest BCUT2D eigenvalue weighted by Gasteiger charge is 1.95. The van der Waals surface area contributed by atoms with E-state index >= 15 is 0 Å². The maximum absolute atomic E-state index is 13.0.